The molecule has 4 rings (SSSR count). The van der Waals surface area contributed by atoms with Crippen molar-refractivity contribution in [2.24, 2.45) is 0 Å². The summed E-state index contributed by atoms with van der Waals surface area (Å²) in [6.07, 6.45) is 5.15. The second-order valence-electron chi connectivity index (χ2n) is 8.59. The maximum absolute atomic E-state index is 12.9. The predicted octanol–water partition coefficient (Wildman–Crippen LogP) is 3.40. The first-order valence-corrected chi connectivity index (χ1v) is 11.6. The van der Waals surface area contributed by atoms with Crippen molar-refractivity contribution in [3.05, 3.63) is 53.0 Å². The van der Waals surface area contributed by atoms with Gasteiger partial charge in [0.2, 0.25) is 11.8 Å². The number of ether oxygens (including phenoxy) is 1. The second-order valence-corrected chi connectivity index (χ2v) is 8.59. The molecule has 2 aromatic rings. The van der Waals surface area contributed by atoms with Crippen molar-refractivity contribution in [3.63, 3.8) is 0 Å². The Labute approximate surface area is 189 Å². The summed E-state index contributed by atoms with van der Waals surface area (Å²) in [6, 6.07) is 10.0. The summed E-state index contributed by atoms with van der Waals surface area (Å²) in [7, 11) is 1.61. The quantitative estimate of drug-likeness (QED) is 0.665. The number of carbonyl (C=O) groups is 2. The molecule has 0 aliphatic carbocycles. The lowest BCUT2D eigenvalue weighted by Gasteiger charge is -2.36. The van der Waals surface area contributed by atoms with E-state index in [2.05, 4.69) is 12.1 Å². The Morgan fingerprint density at radius 3 is 2.75 bits per heavy atom. The summed E-state index contributed by atoms with van der Waals surface area (Å²) in [4.78, 5) is 39.2. The summed E-state index contributed by atoms with van der Waals surface area (Å²) in [5, 5.41) is 0. The Hall–Kier alpha value is -2.80. The van der Waals surface area contributed by atoms with Crippen LogP contribution in [0.5, 0.6) is 0 Å². The highest BCUT2D eigenvalue weighted by Gasteiger charge is 2.33. The van der Waals surface area contributed by atoms with Crippen LogP contribution in [0.25, 0.3) is 0 Å². The summed E-state index contributed by atoms with van der Waals surface area (Å²) in [5.74, 6) is 1.57. The number of rotatable bonds is 7. The van der Waals surface area contributed by atoms with Crippen molar-refractivity contribution in [2.75, 3.05) is 31.7 Å². The van der Waals surface area contributed by atoms with Gasteiger partial charge >= 0.3 is 0 Å². The first-order valence-electron chi connectivity index (χ1n) is 11.6. The van der Waals surface area contributed by atoms with E-state index in [0.29, 0.717) is 44.8 Å². The number of fused-ring (bicyclic) bond motifs is 1. The minimum atomic E-state index is -0.148. The van der Waals surface area contributed by atoms with Crippen molar-refractivity contribution in [1.82, 2.24) is 14.9 Å². The van der Waals surface area contributed by atoms with E-state index in [0.717, 1.165) is 42.8 Å². The summed E-state index contributed by atoms with van der Waals surface area (Å²) >= 11 is 0. The fraction of sp³-hybridized carbons (Fsp3) is 0.520. The lowest BCUT2D eigenvalue weighted by atomic mass is 9.99. The molecule has 7 nitrogen and oxygen atoms in total. The molecule has 0 unspecified atom stereocenters. The van der Waals surface area contributed by atoms with Crippen molar-refractivity contribution in [1.29, 1.82) is 0 Å². The molecular weight excluding hydrogens is 404 g/mol. The molecule has 32 heavy (non-hydrogen) atoms. The number of methoxy groups -OCH3 is 1. The van der Waals surface area contributed by atoms with Crippen LogP contribution in [-0.4, -0.2) is 53.5 Å². The highest BCUT2D eigenvalue weighted by atomic mass is 16.5. The number of nitrogens with zero attached hydrogens (tertiary/aromatic N) is 4. The largest absolute Gasteiger partial charge is 0.384 e. The van der Waals surface area contributed by atoms with E-state index < -0.39 is 0 Å². The topological polar surface area (TPSA) is 75.6 Å². The van der Waals surface area contributed by atoms with Crippen molar-refractivity contribution in [2.45, 2.75) is 57.9 Å². The first-order chi connectivity index (χ1) is 15.6. The average Bonchev–Trinajstić information content (AvgIpc) is 2.82. The maximum Gasteiger partial charge on any atom is 0.228 e. The fourth-order valence-electron chi connectivity index (χ4n) is 4.70. The van der Waals surface area contributed by atoms with Crippen LogP contribution in [0.3, 0.4) is 0 Å². The van der Waals surface area contributed by atoms with Gasteiger partial charge in [0, 0.05) is 37.9 Å². The van der Waals surface area contributed by atoms with Gasteiger partial charge in [-0.25, -0.2) is 9.97 Å². The Morgan fingerprint density at radius 2 is 1.97 bits per heavy atom. The molecule has 170 valence electrons. The molecule has 0 spiro atoms. The van der Waals surface area contributed by atoms with Gasteiger partial charge in [-0.15, -0.1) is 0 Å². The van der Waals surface area contributed by atoms with E-state index in [-0.39, 0.29) is 17.9 Å². The summed E-state index contributed by atoms with van der Waals surface area (Å²) < 4.78 is 5.10. The smallest absolute Gasteiger partial charge is 0.228 e. The van der Waals surface area contributed by atoms with Crippen LogP contribution in [0.15, 0.2) is 30.3 Å². The number of piperidine rings is 1. The van der Waals surface area contributed by atoms with E-state index in [1.54, 1.807) is 7.11 Å². The Morgan fingerprint density at radius 1 is 1.16 bits per heavy atom. The third kappa shape index (κ3) is 4.83. The van der Waals surface area contributed by atoms with Crippen LogP contribution < -0.4 is 4.90 Å². The Bertz CT molecular complexity index is 963. The number of anilines is 1. The average molecular weight is 437 g/mol. The molecule has 7 heteroatoms. The third-order valence-corrected chi connectivity index (χ3v) is 6.46. The number of hydrogen-bond acceptors (Lipinski definition) is 5. The minimum Gasteiger partial charge on any atom is -0.384 e. The van der Waals surface area contributed by atoms with E-state index in [4.69, 9.17) is 14.7 Å². The van der Waals surface area contributed by atoms with E-state index >= 15 is 0 Å². The van der Waals surface area contributed by atoms with Crippen LogP contribution in [-0.2, 0) is 27.2 Å². The van der Waals surface area contributed by atoms with Gasteiger partial charge in [-0.3, -0.25) is 14.5 Å². The lowest BCUT2D eigenvalue weighted by molar-refractivity contribution is -0.136. The van der Waals surface area contributed by atoms with Crippen LogP contribution >= 0.6 is 0 Å². The molecule has 0 saturated carbocycles. The normalized spacial score (nSPS) is 18.6. The highest BCUT2D eigenvalue weighted by molar-refractivity contribution is 5.95. The van der Waals surface area contributed by atoms with E-state index in [1.165, 1.54) is 5.56 Å². The van der Waals surface area contributed by atoms with Crippen molar-refractivity contribution >= 4 is 17.6 Å². The molecule has 0 radical (unpaired) electrons. The molecule has 1 atom stereocenters. The molecule has 2 aliphatic rings. The molecule has 3 heterocycles. The van der Waals surface area contributed by atoms with Crippen molar-refractivity contribution in [3.8, 4) is 0 Å². The highest BCUT2D eigenvalue weighted by Crippen LogP contribution is 2.34. The summed E-state index contributed by atoms with van der Waals surface area (Å²) in [5.41, 5.74) is 3.16. The SMILES string of the molecule is COCCC(=O)N1CCCC[C@H]1c1nc(C)c2c(n1)N(CCc1ccccc1)C(=O)CC2. The third-order valence-electron chi connectivity index (χ3n) is 6.46. The minimum absolute atomic E-state index is 0.0764. The van der Waals surface area contributed by atoms with E-state index in [1.807, 2.05) is 34.9 Å². The number of carbonyl (C=O) groups excluding carboxylic acids is 2. The molecule has 1 saturated heterocycles. The van der Waals surface area contributed by atoms with Gasteiger partial charge in [0.1, 0.15) is 5.82 Å². The zero-order chi connectivity index (χ0) is 22.5. The lowest BCUT2D eigenvalue weighted by Crippen LogP contribution is -2.41. The summed E-state index contributed by atoms with van der Waals surface area (Å²) in [6.45, 7) is 3.71. The van der Waals surface area contributed by atoms with Crippen LogP contribution in [0.2, 0.25) is 0 Å². The zero-order valence-electron chi connectivity index (χ0n) is 19.0. The standard InChI is InChI=1S/C25H32N4O3/c1-18-20-11-12-22(30)29(16-13-19-8-4-3-5-9-19)25(20)27-24(26-18)21-10-6-7-15-28(21)23(31)14-17-32-2/h3-5,8-9,21H,6-7,10-17H2,1-2H3/t21-/m0/s1. The second kappa shape index (κ2) is 10.2. The molecule has 1 aromatic heterocycles. The molecule has 2 amide bonds. The predicted molar refractivity (Wildman–Crippen MR) is 122 cm³/mol. The zero-order valence-corrected chi connectivity index (χ0v) is 19.0. The number of aromatic nitrogens is 2. The van der Waals surface area contributed by atoms with Gasteiger partial charge in [0.05, 0.1) is 19.1 Å². The van der Waals surface area contributed by atoms with Crippen LogP contribution in [0.1, 0.15) is 60.8 Å². The van der Waals surface area contributed by atoms with Crippen LogP contribution in [0.4, 0.5) is 5.82 Å². The fourth-order valence-corrected chi connectivity index (χ4v) is 4.70. The number of aryl methyl sites for hydroxylation is 1. The van der Waals surface area contributed by atoms with Crippen LogP contribution in [0, 0.1) is 6.92 Å². The molecule has 1 aromatic carbocycles. The van der Waals surface area contributed by atoms with Gasteiger partial charge in [-0.05, 0) is 44.6 Å². The Balaban J connectivity index is 1.62. The maximum atomic E-state index is 12.9. The number of benzene rings is 1. The van der Waals surface area contributed by atoms with Gasteiger partial charge in [0.15, 0.2) is 5.82 Å². The molecule has 2 aliphatic heterocycles. The molecule has 0 N–H and O–H groups in total. The Kier molecular flexibility index (Phi) is 7.15. The number of hydrogen-bond donors (Lipinski definition) is 0. The van der Waals surface area contributed by atoms with Gasteiger partial charge < -0.3 is 9.64 Å². The molecular formula is C25H32N4O3. The molecule has 0 bridgehead atoms. The number of likely N-dealkylation sites (tertiary alicyclic amines) is 1. The van der Waals surface area contributed by atoms with Crippen molar-refractivity contribution < 1.29 is 14.3 Å². The van der Waals surface area contributed by atoms with E-state index in [9.17, 15) is 9.59 Å². The van der Waals surface area contributed by atoms with Gasteiger partial charge in [-0.1, -0.05) is 30.3 Å². The molecule has 1 fully saturated rings. The monoisotopic (exact) mass is 436 g/mol. The van der Waals surface area contributed by atoms with Gasteiger partial charge in [-0.2, -0.15) is 0 Å². The number of amides is 2. The van der Waals surface area contributed by atoms with Gasteiger partial charge in [0.25, 0.3) is 0 Å². The first kappa shape index (κ1) is 22.4.